The Balaban J connectivity index is 2.44. The average molecular weight is 321 g/mol. The summed E-state index contributed by atoms with van der Waals surface area (Å²) in [6.07, 6.45) is 0. The summed E-state index contributed by atoms with van der Waals surface area (Å²) in [6, 6.07) is 5.28. The van der Waals surface area contributed by atoms with E-state index in [1.807, 2.05) is 0 Å². The molecule has 0 bridgehead atoms. The van der Waals surface area contributed by atoms with Crippen molar-refractivity contribution >= 4 is 31.6 Å². The highest BCUT2D eigenvalue weighted by molar-refractivity contribution is 9.09. The Morgan fingerprint density at radius 1 is 1.47 bits per heavy atom. The summed E-state index contributed by atoms with van der Waals surface area (Å²) in [4.78, 5) is 9.85. The van der Waals surface area contributed by atoms with Crippen molar-refractivity contribution in [3.63, 3.8) is 0 Å². The van der Waals surface area contributed by atoms with Crippen molar-refractivity contribution < 1.29 is 13.3 Å². The molecule has 6 nitrogen and oxygen atoms in total. The second-order valence-corrected chi connectivity index (χ2v) is 6.11. The lowest BCUT2D eigenvalue weighted by Gasteiger charge is -2.05. The van der Waals surface area contributed by atoms with E-state index in [1.165, 1.54) is 28.6 Å². The minimum atomic E-state index is -3.74. The van der Waals surface area contributed by atoms with E-state index in [9.17, 15) is 18.5 Å². The van der Waals surface area contributed by atoms with Crippen LogP contribution in [0, 0.1) is 10.1 Å². The van der Waals surface area contributed by atoms with Gasteiger partial charge in [0.25, 0.3) is 5.69 Å². The van der Waals surface area contributed by atoms with Gasteiger partial charge in [-0.2, -0.15) is 4.31 Å². The number of sulfonamides is 1. The highest BCUT2D eigenvalue weighted by atomic mass is 79.9. The fourth-order valence-electron chi connectivity index (χ4n) is 1.53. The number of hydrogen-bond acceptors (Lipinski definition) is 4. The van der Waals surface area contributed by atoms with Gasteiger partial charge in [-0.3, -0.25) is 10.1 Å². The van der Waals surface area contributed by atoms with Crippen LogP contribution in [0.25, 0.3) is 0 Å². The highest BCUT2D eigenvalue weighted by Crippen LogP contribution is 2.33. The molecule has 8 heteroatoms. The second-order valence-electron chi connectivity index (χ2n) is 3.61. The van der Waals surface area contributed by atoms with Gasteiger partial charge in [-0.05, 0) is 6.07 Å². The van der Waals surface area contributed by atoms with Crippen molar-refractivity contribution in [2.24, 2.45) is 0 Å². The Hall–Kier alpha value is -0.990. The molecular formula is C9H9BrN2O4S. The molecule has 2 unspecified atom stereocenters. The number of halogens is 1. The lowest BCUT2D eigenvalue weighted by molar-refractivity contribution is -0.387. The van der Waals surface area contributed by atoms with Crippen molar-refractivity contribution in [2.45, 2.75) is 10.9 Å². The summed E-state index contributed by atoms with van der Waals surface area (Å²) in [5.41, 5.74) is -0.382. The summed E-state index contributed by atoms with van der Waals surface area (Å²) < 4.78 is 25.4. The predicted octanol–water partition coefficient (Wildman–Crippen LogP) is 1.36. The van der Waals surface area contributed by atoms with Crippen LogP contribution in [0.3, 0.4) is 0 Å². The summed E-state index contributed by atoms with van der Waals surface area (Å²) in [7, 11) is -3.74. The number of nitro benzene ring substituents is 1. The van der Waals surface area contributed by atoms with E-state index in [0.29, 0.717) is 11.9 Å². The summed E-state index contributed by atoms with van der Waals surface area (Å²) >= 11 is 3.19. The predicted molar refractivity (Wildman–Crippen MR) is 64.6 cm³/mol. The second kappa shape index (κ2) is 4.35. The Labute approximate surface area is 107 Å². The minimum Gasteiger partial charge on any atom is -0.258 e. The number of para-hydroxylation sites is 1. The zero-order chi connectivity index (χ0) is 12.6. The third-order valence-corrected chi connectivity index (χ3v) is 5.20. The Kier molecular flexibility index (Phi) is 3.19. The van der Waals surface area contributed by atoms with Gasteiger partial charge in [0, 0.05) is 24.0 Å². The van der Waals surface area contributed by atoms with Gasteiger partial charge in [-0.25, -0.2) is 8.42 Å². The minimum absolute atomic E-state index is 0.0974. The fourth-order valence-corrected chi connectivity index (χ4v) is 4.02. The molecule has 1 fully saturated rings. The van der Waals surface area contributed by atoms with Crippen molar-refractivity contribution in [2.75, 3.05) is 11.9 Å². The van der Waals surface area contributed by atoms with Crippen molar-refractivity contribution in [3.8, 4) is 0 Å². The van der Waals surface area contributed by atoms with E-state index in [-0.39, 0.29) is 16.6 Å². The number of benzene rings is 1. The van der Waals surface area contributed by atoms with Gasteiger partial charge < -0.3 is 0 Å². The van der Waals surface area contributed by atoms with E-state index in [0.717, 1.165) is 0 Å². The summed E-state index contributed by atoms with van der Waals surface area (Å²) in [5, 5.41) is 11.3. The maximum absolute atomic E-state index is 12.1. The van der Waals surface area contributed by atoms with Crippen molar-refractivity contribution in [1.82, 2.24) is 4.31 Å². The first-order valence-electron chi connectivity index (χ1n) is 4.79. The molecule has 2 rings (SSSR count). The van der Waals surface area contributed by atoms with Crippen LogP contribution in [0.5, 0.6) is 0 Å². The first kappa shape index (κ1) is 12.5. The van der Waals surface area contributed by atoms with E-state index >= 15 is 0 Å². The van der Waals surface area contributed by atoms with Crippen LogP contribution in [0.15, 0.2) is 29.2 Å². The first-order chi connectivity index (χ1) is 7.98. The van der Waals surface area contributed by atoms with Gasteiger partial charge >= 0.3 is 0 Å². The largest absolute Gasteiger partial charge is 0.289 e. The molecule has 1 saturated heterocycles. The van der Waals surface area contributed by atoms with E-state index < -0.39 is 14.9 Å². The number of rotatable bonds is 4. The average Bonchev–Trinajstić information content (AvgIpc) is 3.08. The number of nitro groups is 1. The molecule has 1 aromatic rings. The smallest absolute Gasteiger partial charge is 0.258 e. The lowest BCUT2D eigenvalue weighted by atomic mass is 10.3. The Morgan fingerprint density at radius 2 is 2.12 bits per heavy atom. The number of alkyl halides is 1. The fraction of sp³-hybridized carbons (Fsp3) is 0.333. The van der Waals surface area contributed by atoms with Crippen LogP contribution in [0.4, 0.5) is 5.69 Å². The molecule has 17 heavy (non-hydrogen) atoms. The monoisotopic (exact) mass is 320 g/mol. The van der Waals surface area contributed by atoms with Gasteiger partial charge in [0.1, 0.15) is 0 Å². The topological polar surface area (TPSA) is 80.3 Å². The summed E-state index contributed by atoms with van der Waals surface area (Å²) in [6.45, 7) is 0.402. The van der Waals surface area contributed by atoms with E-state index in [4.69, 9.17) is 0 Å². The zero-order valence-corrected chi connectivity index (χ0v) is 11.0. The molecule has 1 aliphatic rings. The molecule has 0 saturated carbocycles. The van der Waals surface area contributed by atoms with E-state index in [1.54, 1.807) is 0 Å². The molecule has 1 aromatic carbocycles. The number of nitrogens with zero attached hydrogens (tertiary/aromatic N) is 2. The molecule has 1 heterocycles. The molecular weight excluding hydrogens is 312 g/mol. The van der Waals surface area contributed by atoms with Gasteiger partial charge in [0.15, 0.2) is 4.90 Å². The van der Waals surface area contributed by atoms with Gasteiger partial charge in [0.05, 0.1) is 4.92 Å². The van der Waals surface area contributed by atoms with Gasteiger partial charge in [0.2, 0.25) is 10.0 Å². The SMILES string of the molecule is O=[N+]([O-])c1ccccc1S(=O)(=O)N1CC1CBr. The normalized spacial score (nSPS) is 23.4. The summed E-state index contributed by atoms with van der Waals surface area (Å²) in [5.74, 6) is 0. The van der Waals surface area contributed by atoms with Crippen LogP contribution in [-0.2, 0) is 10.0 Å². The van der Waals surface area contributed by atoms with Crippen LogP contribution < -0.4 is 0 Å². The van der Waals surface area contributed by atoms with Crippen LogP contribution in [0.1, 0.15) is 0 Å². The standard InChI is InChI=1S/C9H9BrN2O4S/c10-5-7-6-11(7)17(15,16)9-4-2-1-3-8(9)12(13)14/h1-4,7H,5-6H2. The van der Waals surface area contributed by atoms with E-state index in [2.05, 4.69) is 15.9 Å². The Morgan fingerprint density at radius 3 is 2.65 bits per heavy atom. The zero-order valence-electron chi connectivity index (χ0n) is 8.61. The first-order valence-corrected chi connectivity index (χ1v) is 7.36. The molecule has 92 valence electrons. The molecule has 1 aliphatic heterocycles. The maximum atomic E-state index is 12.1. The molecule has 0 N–H and O–H groups in total. The van der Waals surface area contributed by atoms with Crippen LogP contribution in [0.2, 0.25) is 0 Å². The van der Waals surface area contributed by atoms with Crippen LogP contribution in [-0.4, -0.2) is 35.6 Å². The molecule has 2 atom stereocenters. The quantitative estimate of drug-likeness (QED) is 0.363. The van der Waals surface area contributed by atoms with Gasteiger partial charge in [-0.15, -0.1) is 0 Å². The third kappa shape index (κ3) is 2.20. The van der Waals surface area contributed by atoms with Gasteiger partial charge in [-0.1, -0.05) is 28.1 Å². The molecule has 0 spiro atoms. The molecule has 0 aliphatic carbocycles. The molecule has 0 aromatic heterocycles. The highest BCUT2D eigenvalue weighted by Gasteiger charge is 2.45. The molecule has 0 amide bonds. The van der Waals surface area contributed by atoms with Crippen molar-refractivity contribution in [3.05, 3.63) is 34.4 Å². The third-order valence-electron chi connectivity index (χ3n) is 2.49. The van der Waals surface area contributed by atoms with Crippen molar-refractivity contribution in [1.29, 1.82) is 0 Å². The number of hydrogen-bond donors (Lipinski definition) is 0. The van der Waals surface area contributed by atoms with Crippen LogP contribution >= 0.6 is 15.9 Å². The molecule has 0 radical (unpaired) electrons. The Bertz CT molecular complexity index is 560. The maximum Gasteiger partial charge on any atom is 0.289 e. The lowest BCUT2D eigenvalue weighted by Crippen LogP contribution is -2.16.